The third kappa shape index (κ3) is 3.51. The van der Waals surface area contributed by atoms with Gasteiger partial charge in [-0.05, 0) is 26.8 Å². The summed E-state index contributed by atoms with van der Waals surface area (Å²) in [6.45, 7) is 6.01. The van der Waals surface area contributed by atoms with Crippen molar-refractivity contribution in [3.63, 3.8) is 0 Å². The number of hydrogen-bond acceptors (Lipinski definition) is 4. The van der Waals surface area contributed by atoms with Crippen molar-refractivity contribution >= 4 is 11.7 Å². The van der Waals surface area contributed by atoms with E-state index in [2.05, 4.69) is 15.3 Å². The molecule has 0 aliphatic rings. The van der Waals surface area contributed by atoms with E-state index in [1.807, 2.05) is 19.9 Å². The molecule has 76 valence electrons. The van der Waals surface area contributed by atoms with Crippen LogP contribution in [0.1, 0.15) is 24.7 Å². The summed E-state index contributed by atoms with van der Waals surface area (Å²) >= 11 is 0. The van der Waals surface area contributed by atoms with Gasteiger partial charge < -0.3 is 5.32 Å². The maximum absolute atomic E-state index is 10.7. The van der Waals surface area contributed by atoms with Crippen molar-refractivity contribution in [2.45, 2.75) is 27.2 Å². The molecule has 0 amide bonds. The van der Waals surface area contributed by atoms with Gasteiger partial charge in [-0.3, -0.25) is 4.79 Å². The first-order chi connectivity index (χ1) is 6.58. The maximum Gasteiger partial charge on any atom is 0.223 e. The number of ketones is 1. The number of anilines is 1. The smallest absolute Gasteiger partial charge is 0.223 e. The lowest BCUT2D eigenvalue weighted by atomic mass is 10.3. The van der Waals surface area contributed by atoms with Gasteiger partial charge in [-0.2, -0.15) is 0 Å². The molecule has 4 heteroatoms. The third-order valence-corrected chi connectivity index (χ3v) is 1.74. The lowest BCUT2D eigenvalue weighted by molar-refractivity contribution is -0.116. The monoisotopic (exact) mass is 193 g/mol. The molecule has 0 unspecified atom stereocenters. The minimum atomic E-state index is 0.168. The Morgan fingerprint density at radius 2 is 1.93 bits per heavy atom. The molecule has 1 heterocycles. The van der Waals surface area contributed by atoms with E-state index in [9.17, 15) is 4.79 Å². The molecule has 0 spiro atoms. The Morgan fingerprint density at radius 3 is 2.43 bits per heavy atom. The van der Waals surface area contributed by atoms with E-state index < -0.39 is 0 Å². The lowest BCUT2D eigenvalue weighted by Crippen LogP contribution is -2.09. The Balaban J connectivity index is 2.54. The Labute approximate surface area is 83.8 Å². The SMILES string of the molecule is CC(=O)CCNc1nc(C)cc(C)n1. The summed E-state index contributed by atoms with van der Waals surface area (Å²) < 4.78 is 0. The van der Waals surface area contributed by atoms with E-state index in [4.69, 9.17) is 0 Å². The highest BCUT2D eigenvalue weighted by Gasteiger charge is 1.99. The van der Waals surface area contributed by atoms with Crippen LogP contribution in [0.2, 0.25) is 0 Å². The van der Waals surface area contributed by atoms with Gasteiger partial charge in [0.2, 0.25) is 5.95 Å². The number of hydrogen-bond donors (Lipinski definition) is 1. The number of carbonyl (C=O) groups is 1. The number of rotatable bonds is 4. The Bertz CT molecular complexity index is 316. The van der Waals surface area contributed by atoms with Crippen LogP contribution in [0.15, 0.2) is 6.07 Å². The molecule has 0 bridgehead atoms. The van der Waals surface area contributed by atoms with E-state index in [1.165, 1.54) is 0 Å². The molecule has 0 aliphatic carbocycles. The van der Waals surface area contributed by atoms with Gasteiger partial charge in [0.25, 0.3) is 0 Å². The quantitative estimate of drug-likeness (QED) is 0.787. The van der Waals surface area contributed by atoms with Gasteiger partial charge >= 0.3 is 0 Å². The van der Waals surface area contributed by atoms with Crippen molar-refractivity contribution in [1.82, 2.24) is 9.97 Å². The Kier molecular flexibility index (Phi) is 3.56. The fourth-order valence-electron chi connectivity index (χ4n) is 1.16. The average molecular weight is 193 g/mol. The van der Waals surface area contributed by atoms with Crippen LogP contribution in [0.5, 0.6) is 0 Å². The summed E-state index contributed by atoms with van der Waals surface area (Å²) in [6, 6.07) is 1.91. The zero-order chi connectivity index (χ0) is 10.6. The molecule has 1 aromatic heterocycles. The van der Waals surface area contributed by atoms with Gasteiger partial charge in [0.1, 0.15) is 5.78 Å². The Hall–Kier alpha value is -1.45. The number of aryl methyl sites for hydroxylation is 2. The summed E-state index contributed by atoms with van der Waals surface area (Å²) in [4.78, 5) is 19.1. The highest BCUT2D eigenvalue weighted by atomic mass is 16.1. The zero-order valence-corrected chi connectivity index (χ0v) is 8.79. The topological polar surface area (TPSA) is 54.9 Å². The molecule has 0 aromatic carbocycles. The van der Waals surface area contributed by atoms with Crippen molar-refractivity contribution in [3.05, 3.63) is 17.5 Å². The van der Waals surface area contributed by atoms with Crippen molar-refractivity contribution in [2.75, 3.05) is 11.9 Å². The summed E-state index contributed by atoms with van der Waals surface area (Å²) in [5.41, 5.74) is 1.87. The molecule has 1 aromatic rings. The van der Waals surface area contributed by atoms with E-state index in [1.54, 1.807) is 6.92 Å². The number of nitrogens with one attached hydrogen (secondary N) is 1. The number of aromatic nitrogens is 2. The molecule has 0 radical (unpaired) electrons. The summed E-state index contributed by atoms with van der Waals surface area (Å²) in [7, 11) is 0. The van der Waals surface area contributed by atoms with Crippen LogP contribution in [0.3, 0.4) is 0 Å². The number of carbonyl (C=O) groups excluding carboxylic acids is 1. The van der Waals surface area contributed by atoms with Crippen LogP contribution >= 0.6 is 0 Å². The molecule has 1 N–H and O–H groups in total. The molecule has 0 saturated heterocycles. The van der Waals surface area contributed by atoms with Crippen LogP contribution in [0, 0.1) is 13.8 Å². The predicted octanol–water partition coefficient (Wildman–Crippen LogP) is 1.48. The largest absolute Gasteiger partial charge is 0.354 e. The summed E-state index contributed by atoms with van der Waals surface area (Å²) in [6.07, 6.45) is 0.510. The molecule has 4 nitrogen and oxygen atoms in total. The van der Waals surface area contributed by atoms with Crippen LogP contribution < -0.4 is 5.32 Å². The van der Waals surface area contributed by atoms with Gasteiger partial charge in [0.15, 0.2) is 0 Å². The normalized spacial score (nSPS) is 9.93. The number of Topliss-reactive ketones (excluding diaryl/α,β-unsaturated/α-hetero) is 1. The van der Waals surface area contributed by atoms with Crippen molar-refractivity contribution < 1.29 is 4.79 Å². The Morgan fingerprint density at radius 1 is 1.36 bits per heavy atom. The fraction of sp³-hybridized carbons (Fsp3) is 0.500. The van der Waals surface area contributed by atoms with Gasteiger partial charge in [-0.1, -0.05) is 0 Å². The van der Waals surface area contributed by atoms with Crippen LogP contribution in [-0.4, -0.2) is 22.3 Å². The maximum atomic E-state index is 10.7. The molecular formula is C10H15N3O. The summed E-state index contributed by atoms with van der Waals surface area (Å²) in [5, 5.41) is 3.01. The van der Waals surface area contributed by atoms with Crippen LogP contribution in [0.25, 0.3) is 0 Å². The standard InChI is InChI=1S/C10H15N3O/c1-7-6-8(2)13-10(12-7)11-5-4-9(3)14/h6H,4-5H2,1-3H3,(H,11,12,13). The summed E-state index contributed by atoms with van der Waals surface area (Å²) in [5.74, 6) is 0.769. The van der Waals surface area contributed by atoms with Crippen LogP contribution in [0.4, 0.5) is 5.95 Å². The predicted molar refractivity (Wildman–Crippen MR) is 55.3 cm³/mol. The highest BCUT2D eigenvalue weighted by Crippen LogP contribution is 2.03. The molecule has 0 aliphatic heterocycles. The van der Waals surface area contributed by atoms with Gasteiger partial charge in [0.05, 0.1) is 0 Å². The lowest BCUT2D eigenvalue weighted by Gasteiger charge is -2.04. The highest BCUT2D eigenvalue weighted by molar-refractivity contribution is 5.75. The molecule has 1 rings (SSSR count). The van der Waals surface area contributed by atoms with Crippen molar-refractivity contribution in [3.8, 4) is 0 Å². The third-order valence-electron chi connectivity index (χ3n) is 1.74. The van der Waals surface area contributed by atoms with Crippen molar-refractivity contribution in [2.24, 2.45) is 0 Å². The minimum Gasteiger partial charge on any atom is -0.354 e. The number of nitrogens with zero attached hydrogens (tertiary/aromatic N) is 2. The molecule has 0 atom stereocenters. The molecule has 14 heavy (non-hydrogen) atoms. The minimum absolute atomic E-state index is 0.168. The molecule has 0 saturated carbocycles. The molecular weight excluding hydrogens is 178 g/mol. The van der Waals surface area contributed by atoms with Gasteiger partial charge in [-0.25, -0.2) is 9.97 Å². The first kappa shape index (κ1) is 10.6. The van der Waals surface area contributed by atoms with E-state index >= 15 is 0 Å². The van der Waals surface area contributed by atoms with Crippen LogP contribution in [-0.2, 0) is 4.79 Å². The first-order valence-electron chi connectivity index (χ1n) is 4.63. The second-order valence-electron chi connectivity index (χ2n) is 3.35. The first-order valence-corrected chi connectivity index (χ1v) is 4.63. The second-order valence-corrected chi connectivity index (χ2v) is 3.35. The van der Waals surface area contributed by atoms with Gasteiger partial charge in [0, 0.05) is 24.4 Å². The average Bonchev–Trinajstić information content (AvgIpc) is 2.01. The van der Waals surface area contributed by atoms with E-state index in [0.29, 0.717) is 18.9 Å². The zero-order valence-electron chi connectivity index (χ0n) is 8.79. The second kappa shape index (κ2) is 4.69. The van der Waals surface area contributed by atoms with Crippen molar-refractivity contribution in [1.29, 1.82) is 0 Å². The van der Waals surface area contributed by atoms with E-state index in [0.717, 1.165) is 11.4 Å². The molecule has 0 fully saturated rings. The fourth-order valence-corrected chi connectivity index (χ4v) is 1.16. The van der Waals surface area contributed by atoms with Gasteiger partial charge in [-0.15, -0.1) is 0 Å². The van der Waals surface area contributed by atoms with E-state index in [-0.39, 0.29) is 5.78 Å².